The van der Waals surface area contributed by atoms with Crippen LogP contribution in [-0.4, -0.2) is 19.3 Å². The highest BCUT2D eigenvalue weighted by molar-refractivity contribution is 6.05. The van der Waals surface area contributed by atoms with Crippen LogP contribution >= 0.6 is 0 Å². The highest BCUT2D eigenvalue weighted by Gasteiger charge is 1.94. The van der Waals surface area contributed by atoms with E-state index in [9.17, 15) is 0 Å². The molecule has 0 aromatic carbocycles. The molecule has 1 aliphatic rings. The van der Waals surface area contributed by atoms with E-state index in [0.29, 0.717) is 0 Å². The van der Waals surface area contributed by atoms with Crippen molar-refractivity contribution in [3.05, 3.63) is 12.3 Å². The zero-order valence-electron chi connectivity index (χ0n) is 5.01. The normalized spacial score (nSPS) is 20.8. The maximum atomic E-state index is 5.48. The zero-order valence-corrected chi connectivity index (χ0v) is 5.01. The Labute approximate surface area is 51.8 Å². The van der Waals surface area contributed by atoms with E-state index in [1.807, 2.05) is 6.20 Å². The molecule has 0 bridgehead atoms. The second-order valence-corrected chi connectivity index (χ2v) is 2.12. The summed E-state index contributed by atoms with van der Waals surface area (Å²) in [5.74, 6) is 0. The minimum absolute atomic E-state index is 1.01. The lowest BCUT2D eigenvalue weighted by Gasteiger charge is -2.09. The Bertz CT molecular complexity index is 90.5. The first-order valence-corrected chi connectivity index (χ1v) is 3.07. The molecule has 0 aromatic rings. The first-order valence-electron chi connectivity index (χ1n) is 3.07. The molecule has 1 aliphatic heterocycles. The first kappa shape index (κ1) is 5.74. The SMILES string of the molecule is [B]N1C=CCCCC1. The van der Waals surface area contributed by atoms with Gasteiger partial charge in [0.15, 0.2) is 0 Å². The van der Waals surface area contributed by atoms with E-state index in [1.54, 1.807) is 4.81 Å². The standard InChI is InChI=1S/C6H10BN/c7-8-5-3-1-2-4-6-8/h3,5H,1-2,4,6H2. The summed E-state index contributed by atoms with van der Waals surface area (Å²) in [7, 11) is 5.48. The lowest BCUT2D eigenvalue weighted by atomic mass is 10.2. The lowest BCUT2D eigenvalue weighted by molar-refractivity contribution is 0.573. The molecule has 42 valence electrons. The van der Waals surface area contributed by atoms with Gasteiger partial charge in [-0.05, 0) is 25.5 Å². The number of hydrogen-bond acceptors (Lipinski definition) is 1. The summed E-state index contributed by atoms with van der Waals surface area (Å²) in [5.41, 5.74) is 0. The van der Waals surface area contributed by atoms with E-state index in [4.69, 9.17) is 7.98 Å². The van der Waals surface area contributed by atoms with Gasteiger partial charge in [0.05, 0.1) is 0 Å². The molecule has 0 fully saturated rings. The van der Waals surface area contributed by atoms with Gasteiger partial charge >= 0.3 is 0 Å². The molecule has 0 atom stereocenters. The predicted molar refractivity (Wildman–Crippen MR) is 35.5 cm³/mol. The van der Waals surface area contributed by atoms with Crippen LogP contribution in [0.25, 0.3) is 0 Å². The smallest absolute Gasteiger partial charge is 0.225 e. The molecular formula is C6H10BN. The highest BCUT2D eigenvalue weighted by Crippen LogP contribution is 2.03. The van der Waals surface area contributed by atoms with Gasteiger partial charge < -0.3 is 4.81 Å². The van der Waals surface area contributed by atoms with Crippen LogP contribution in [0.5, 0.6) is 0 Å². The van der Waals surface area contributed by atoms with Crippen LogP contribution in [0.2, 0.25) is 0 Å². The van der Waals surface area contributed by atoms with Gasteiger partial charge in [0, 0.05) is 6.54 Å². The highest BCUT2D eigenvalue weighted by atomic mass is 15.0. The molecule has 0 N–H and O–H groups in total. The van der Waals surface area contributed by atoms with E-state index < -0.39 is 0 Å². The van der Waals surface area contributed by atoms with Crippen LogP contribution in [0.15, 0.2) is 12.3 Å². The Balaban J connectivity index is 2.33. The Morgan fingerprint density at radius 3 is 3.12 bits per heavy atom. The van der Waals surface area contributed by atoms with Crippen LogP contribution in [0.4, 0.5) is 0 Å². The van der Waals surface area contributed by atoms with E-state index in [-0.39, 0.29) is 0 Å². The lowest BCUT2D eigenvalue weighted by Crippen LogP contribution is -2.12. The first-order chi connectivity index (χ1) is 3.89. The van der Waals surface area contributed by atoms with Crippen LogP contribution in [0.1, 0.15) is 19.3 Å². The van der Waals surface area contributed by atoms with Crippen LogP contribution in [0, 0.1) is 0 Å². The molecule has 0 aromatic heterocycles. The van der Waals surface area contributed by atoms with Crippen molar-refractivity contribution in [3.8, 4) is 0 Å². The molecule has 2 heteroatoms. The Morgan fingerprint density at radius 2 is 2.25 bits per heavy atom. The average Bonchev–Trinajstić information content (AvgIpc) is 1.94. The van der Waals surface area contributed by atoms with Crippen LogP contribution < -0.4 is 0 Å². The number of nitrogens with zero attached hydrogens (tertiary/aromatic N) is 1. The molecule has 0 saturated heterocycles. The zero-order chi connectivity index (χ0) is 5.82. The van der Waals surface area contributed by atoms with Crippen molar-refractivity contribution in [1.29, 1.82) is 0 Å². The van der Waals surface area contributed by atoms with Crippen LogP contribution in [0.3, 0.4) is 0 Å². The minimum Gasteiger partial charge on any atom is -0.431 e. The third kappa shape index (κ3) is 1.61. The summed E-state index contributed by atoms with van der Waals surface area (Å²) in [6, 6.07) is 0. The summed E-state index contributed by atoms with van der Waals surface area (Å²) in [6.07, 6.45) is 7.77. The third-order valence-electron chi connectivity index (χ3n) is 1.33. The van der Waals surface area contributed by atoms with E-state index in [2.05, 4.69) is 6.08 Å². The van der Waals surface area contributed by atoms with Gasteiger partial charge in [-0.2, -0.15) is 0 Å². The third-order valence-corrected chi connectivity index (χ3v) is 1.33. The minimum atomic E-state index is 1.01. The molecule has 0 unspecified atom stereocenters. The van der Waals surface area contributed by atoms with E-state index >= 15 is 0 Å². The summed E-state index contributed by atoms with van der Waals surface area (Å²) in [5, 5.41) is 0. The average molecular weight is 107 g/mol. The number of hydrogen-bond donors (Lipinski definition) is 0. The van der Waals surface area contributed by atoms with Gasteiger partial charge in [-0.3, -0.25) is 0 Å². The monoisotopic (exact) mass is 107 g/mol. The molecular weight excluding hydrogens is 96.9 g/mol. The van der Waals surface area contributed by atoms with Gasteiger partial charge in [-0.1, -0.05) is 6.08 Å². The Hall–Kier alpha value is -0.395. The van der Waals surface area contributed by atoms with E-state index in [0.717, 1.165) is 6.54 Å². The van der Waals surface area contributed by atoms with Crippen molar-refractivity contribution >= 4 is 7.98 Å². The second kappa shape index (κ2) is 2.80. The molecule has 2 radical (unpaired) electrons. The maximum Gasteiger partial charge on any atom is 0.225 e. The molecule has 0 spiro atoms. The van der Waals surface area contributed by atoms with Crippen molar-refractivity contribution in [3.63, 3.8) is 0 Å². The molecule has 1 nitrogen and oxygen atoms in total. The topological polar surface area (TPSA) is 3.24 Å². The summed E-state index contributed by atoms with van der Waals surface area (Å²) in [6.45, 7) is 1.01. The molecule has 0 saturated carbocycles. The second-order valence-electron chi connectivity index (χ2n) is 2.12. The van der Waals surface area contributed by atoms with Gasteiger partial charge in [0.25, 0.3) is 0 Å². The van der Waals surface area contributed by atoms with Crippen molar-refractivity contribution in [2.75, 3.05) is 6.54 Å². The Kier molecular flexibility index (Phi) is 2.01. The fourth-order valence-electron chi connectivity index (χ4n) is 0.841. The molecule has 0 amide bonds. The van der Waals surface area contributed by atoms with Crippen molar-refractivity contribution in [1.82, 2.24) is 4.81 Å². The quantitative estimate of drug-likeness (QED) is 0.418. The number of allylic oxidation sites excluding steroid dienone is 1. The molecule has 1 heterocycles. The van der Waals surface area contributed by atoms with Crippen molar-refractivity contribution < 1.29 is 0 Å². The van der Waals surface area contributed by atoms with Gasteiger partial charge in [-0.25, -0.2) is 0 Å². The molecule has 0 aliphatic carbocycles. The van der Waals surface area contributed by atoms with E-state index in [1.165, 1.54) is 19.3 Å². The fraction of sp³-hybridized carbons (Fsp3) is 0.667. The van der Waals surface area contributed by atoms with Gasteiger partial charge in [-0.15, -0.1) is 0 Å². The molecule has 8 heavy (non-hydrogen) atoms. The summed E-state index contributed by atoms with van der Waals surface area (Å²) < 4.78 is 0. The maximum absolute atomic E-state index is 5.48. The van der Waals surface area contributed by atoms with Gasteiger partial charge in [0.2, 0.25) is 7.98 Å². The van der Waals surface area contributed by atoms with Crippen molar-refractivity contribution in [2.45, 2.75) is 19.3 Å². The number of rotatable bonds is 0. The summed E-state index contributed by atoms with van der Waals surface area (Å²) >= 11 is 0. The molecule has 1 rings (SSSR count). The van der Waals surface area contributed by atoms with Gasteiger partial charge in [0.1, 0.15) is 0 Å². The fourth-order valence-corrected chi connectivity index (χ4v) is 0.841. The van der Waals surface area contributed by atoms with Crippen molar-refractivity contribution in [2.24, 2.45) is 0 Å². The predicted octanol–water partition coefficient (Wildman–Crippen LogP) is 1.07. The largest absolute Gasteiger partial charge is 0.431 e. The Morgan fingerprint density at radius 1 is 1.38 bits per heavy atom. The summed E-state index contributed by atoms with van der Waals surface area (Å²) in [4.78, 5) is 1.74. The van der Waals surface area contributed by atoms with Crippen LogP contribution in [-0.2, 0) is 0 Å².